The summed E-state index contributed by atoms with van der Waals surface area (Å²) in [4.78, 5) is 16.2. The van der Waals surface area contributed by atoms with E-state index in [1.165, 1.54) is 6.07 Å². The molecule has 2 aromatic carbocycles. The highest BCUT2D eigenvalue weighted by atomic mass is 19.1. The number of rotatable bonds is 5. The predicted octanol–water partition coefficient (Wildman–Crippen LogP) is 2.60. The maximum atomic E-state index is 13.9. The average molecular weight is 343 g/mol. The number of methoxy groups -OCH3 is 1. The van der Waals surface area contributed by atoms with E-state index in [0.717, 1.165) is 11.4 Å². The van der Waals surface area contributed by atoms with Crippen molar-refractivity contribution in [1.29, 1.82) is 0 Å². The van der Waals surface area contributed by atoms with Gasteiger partial charge in [-0.15, -0.1) is 0 Å². The molecule has 0 atom stereocenters. The lowest BCUT2D eigenvalue weighted by molar-refractivity contribution is -0.129. The van der Waals surface area contributed by atoms with Crippen molar-refractivity contribution in [2.75, 3.05) is 50.1 Å². The zero-order valence-electron chi connectivity index (χ0n) is 14.2. The minimum atomic E-state index is -0.220. The quantitative estimate of drug-likeness (QED) is 0.906. The normalized spacial score (nSPS) is 14.3. The Hall–Kier alpha value is -2.76. The summed E-state index contributed by atoms with van der Waals surface area (Å²) in [5.74, 6) is 0.564. The van der Waals surface area contributed by atoms with Crippen molar-refractivity contribution in [3.63, 3.8) is 0 Å². The molecule has 2 aromatic rings. The van der Waals surface area contributed by atoms with Gasteiger partial charge >= 0.3 is 0 Å². The van der Waals surface area contributed by atoms with Crippen LogP contribution in [0, 0.1) is 5.82 Å². The summed E-state index contributed by atoms with van der Waals surface area (Å²) < 4.78 is 19.0. The standard InChI is InChI=1S/C19H22FN3O2/c1-25-16-6-4-5-15(13-16)21-14-19(24)23-11-9-22(10-12-23)18-8-3-2-7-17(18)20/h2-8,13,21H,9-12,14H2,1H3. The lowest BCUT2D eigenvalue weighted by atomic mass is 10.2. The van der Waals surface area contributed by atoms with Gasteiger partial charge in [0.1, 0.15) is 11.6 Å². The van der Waals surface area contributed by atoms with Crippen molar-refractivity contribution >= 4 is 17.3 Å². The molecule has 1 N–H and O–H groups in total. The first-order chi connectivity index (χ1) is 12.2. The fourth-order valence-electron chi connectivity index (χ4n) is 2.93. The van der Waals surface area contributed by atoms with E-state index in [-0.39, 0.29) is 18.3 Å². The van der Waals surface area contributed by atoms with Crippen LogP contribution in [0.25, 0.3) is 0 Å². The molecule has 1 heterocycles. The van der Waals surface area contributed by atoms with Crippen LogP contribution in [0.5, 0.6) is 5.75 Å². The molecule has 0 aromatic heterocycles. The molecule has 1 saturated heterocycles. The predicted molar refractivity (Wildman–Crippen MR) is 96.7 cm³/mol. The van der Waals surface area contributed by atoms with Crippen molar-refractivity contribution < 1.29 is 13.9 Å². The number of piperazine rings is 1. The van der Waals surface area contributed by atoms with E-state index in [2.05, 4.69) is 5.32 Å². The van der Waals surface area contributed by atoms with Gasteiger partial charge in [0.25, 0.3) is 0 Å². The molecule has 25 heavy (non-hydrogen) atoms. The first kappa shape index (κ1) is 17.1. The number of anilines is 2. The Labute approximate surface area is 147 Å². The SMILES string of the molecule is COc1cccc(NCC(=O)N2CCN(c3ccccc3F)CC2)c1. The Morgan fingerprint density at radius 1 is 1.12 bits per heavy atom. The smallest absolute Gasteiger partial charge is 0.241 e. The van der Waals surface area contributed by atoms with E-state index in [0.29, 0.717) is 31.9 Å². The number of hydrogen-bond acceptors (Lipinski definition) is 4. The van der Waals surface area contributed by atoms with Gasteiger partial charge in [-0.2, -0.15) is 0 Å². The minimum Gasteiger partial charge on any atom is -0.497 e. The molecule has 0 saturated carbocycles. The first-order valence-electron chi connectivity index (χ1n) is 8.32. The van der Waals surface area contributed by atoms with Crippen LogP contribution in [0.15, 0.2) is 48.5 Å². The van der Waals surface area contributed by atoms with Gasteiger partial charge in [0.15, 0.2) is 0 Å². The van der Waals surface area contributed by atoms with E-state index >= 15 is 0 Å². The van der Waals surface area contributed by atoms with Crippen LogP contribution >= 0.6 is 0 Å². The Balaban J connectivity index is 1.50. The topological polar surface area (TPSA) is 44.8 Å². The molecule has 1 amide bonds. The average Bonchev–Trinajstić information content (AvgIpc) is 2.67. The van der Waals surface area contributed by atoms with Crippen LogP contribution in [-0.4, -0.2) is 50.6 Å². The van der Waals surface area contributed by atoms with E-state index in [9.17, 15) is 9.18 Å². The van der Waals surface area contributed by atoms with Gasteiger partial charge in [0.05, 0.1) is 19.3 Å². The zero-order chi connectivity index (χ0) is 17.6. The van der Waals surface area contributed by atoms with E-state index in [1.54, 1.807) is 19.2 Å². The number of para-hydroxylation sites is 1. The lowest BCUT2D eigenvalue weighted by Crippen LogP contribution is -2.50. The van der Waals surface area contributed by atoms with Crippen molar-refractivity contribution in [2.45, 2.75) is 0 Å². The van der Waals surface area contributed by atoms with Crippen molar-refractivity contribution in [3.05, 3.63) is 54.3 Å². The monoisotopic (exact) mass is 343 g/mol. The molecule has 0 bridgehead atoms. The summed E-state index contributed by atoms with van der Waals surface area (Å²) >= 11 is 0. The van der Waals surface area contributed by atoms with Crippen molar-refractivity contribution in [3.8, 4) is 5.75 Å². The van der Waals surface area contributed by atoms with Gasteiger partial charge in [0, 0.05) is 37.9 Å². The Bertz CT molecular complexity index is 730. The van der Waals surface area contributed by atoms with E-state index < -0.39 is 0 Å². The molecule has 0 spiro atoms. The van der Waals surface area contributed by atoms with Gasteiger partial charge in [-0.05, 0) is 24.3 Å². The molecule has 1 aliphatic heterocycles. The number of carbonyl (C=O) groups excluding carboxylic acids is 1. The first-order valence-corrected chi connectivity index (χ1v) is 8.32. The molecular formula is C19H22FN3O2. The maximum Gasteiger partial charge on any atom is 0.241 e. The summed E-state index contributed by atoms with van der Waals surface area (Å²) in [6.07, 6.45) is 0. The minimum absolute atomic E-state index is 0.0380. The third-order valence-corrected chi connectivity index (χ3v) is 4.34. The molecule has 0 aliphatic carbocycles. The molecule has 1 fully saturated rings. The number of benzene rings is 2. The van der Waals surface area contributed by atoms with Crippen LogP contribution in [-0.2, 0) is 4.79 Å². The van der Waals surface area contributed by atoms with Crippen LogP contribution in [0.4, 0.5) is 15.8 Å². The molecule has 3 rings (SSSR count). The van der Waals surface area contributed by atoms with Gasteiger partial charge in [-0.25, -0.2) is 4.39 Å². The summed E-state index contributed by atoms with van der Waals surface area (Å²) in [7, 11) is 1.61. The Morgan fingerprint density at radius 2 is 1.88 bits per heavy atom. The van der Waals surface area contributed by atoms with E-state index in [4.69, 9.17) is 4.74 Å². The molecular weight excluding hydrogens is 321 g/mol. The number of nitrogens with one attached hydrogen (secondary N) is 1. The summed E-state index contributed by atoms with van der Waals surface area (Å²) in [5, 5.41) is 3.12. The Morgan fingerprint density at radius 3 is 2.60 bits per heavy atom. The lowest BCUT2D eigenvalue weighted by Gasteiger charge is -2.36. The fraction of sp³-hybridized carbons (Fsp3) is 0.316. The third kappa shape index (κ3) is 4.21. The van der Waals surface area contributed by atoms with Gasteiger partial charge < -0.3 is 19.9 Å². The van der Waals surface area contributed by atoms with Crippen LogP contribution in [0.1, 0.15) is 0 Å². The molecule has 5 nitrogen and oxygen atoms in total. The number of halogens is 1. The van der Waals surface area contributed by atoms with Crippen LogP contribution in [0.3, 0.4) is 0 Å². The highest BCUT2D eigenvalue weighted by Crippen LogP contribution is 2.20. The van der Waals surface area contributed by atoms with E-state index in [1.807, 2.05) is 40.1 Å². The molecule has 132 valence electrons. The van der Waals surface area contributed by atoms with Crippen molar-refractivity contribution in [2.24, 2.45) is 0 Å². The number of amides is 1. The van der Waals surface area contributed by atoms with Gasteiger partial charge in [0.2, 0.25) is 5.91 Å². The van der Waals surface area contributed by atoms with Crippen LogP contribution in [0.2, 0.25) is 0 Å². The summed E-state index contributed by atoms with van der Waals surface area (Å²) in [5.41, 5.74) is 1.45. The van der Waals surface area contributed by atoms with Gasteiger partial charge in [-0.3, -0.25) is 4.79 Å². The number of hydrogen-bond donors (Lipinski definition) is 1. The summed E-state index contributed by atoms with van der Waals surface area (Å²) in [6, 6.07) is 14.2. The second-order valence-electron chi connectivity index (χ2n) is 5.90. The molecule has 0 radical (unpaired) electrons. The highest BCUT2D eigenvalue weighted by molar-refractivity contribution is 5.81. The molecule has 6 heteroatoms. The van der Waals surface area contributed by atoms with Crippen LogP contribution < -0.4 is 15.0 Å². The fourth-order valence-corrected chi connectivity index (χ4v) is 2.93. The summed E-state index contributed by atoms with van der Waals surface area (Å²) in [6.45, 7) is 2.67. The second-order valence-corrected chi connectivity index (χ2v) is 5.90. The molecule has 1 aliphatic rings. The van der Waals surface area contributed by atoms with Crippen molar-refractivity contribution in [1.82, 2.24) is 4.90 Å². The number of carbonyl (C=O) groups is 1. The largest absolute Gasteiger partial charge is 0.497 e. The third-order valence-electron chi connectivity index (χ3n) is 4.34. The second kappa shape index (κ2) is 7.88. The highest BCUT2D eigenvalue weighted by Gasteiger charge is 2.22. The maximum absolute atomic E-state index is 13.9. The Kier molecular flexibility index (Phi) is 5.38. The number of nitrogens with zero attached hydrogens (tertiary/aromatic N) is 2. The molecule has 0 unspecified atom stereocenters. The zero-order valence-corrected chi connectivity index (χ0v) is 14.2. The number of ether oxygens (including phenoxy) is 1. The van der Waals surface area contributed by atoms with Gasteiger partial charge in [-0.1, -0.05) is 18.2 Å².